The summed E-state index contributed by atoms with van der Waals surface area (Å²) in [5.41, 5.74) is 0. The van der Waals surface area contributed by atoms with Gasteiger partial charge in [-0.15, -0.1) is 0 Å². The van der Waals surface area contributed by atoms with Crippen LogP contribution in [0.25, 0.3) is 0 Å². The molecule has 0 bridgehead atoms. The number of carboxylic acid groups (broad SMARTS) is 2. The number of hydrogen-bond acceptors (Lipinski definition) is 5. The molecule has 0 aromatic heterocycles. The van der Waals surface area contributed by atoms with Crippen LogP contribution in [0.4, 0.5) is 0 Å². The molecule has 0 saturated carbocycles. The number of aliphatic carboxylic acids is 2. The third kappa shape index (κ3) is 13.0. The van der Waals surface area contributed by atoms with Gasteiger partial charge in [0.2, 0.25) is 0 Å². The number of aliphatic hydroxyl groups excluding tert-OH is 1. The molecule has 0 aliphatic heterocycles. The first-order valence-corrected chi connectivity index (χ1v) is 2.13. The molecule has 11 heavy (non-hydrogen) atoms. The molecule has 0 spiro atoms. The third-order valence-electron chi connectivity index (χ3n) is 0.632. The number of carboxylic acids is 2. The molecule has 0 rings (SSSR count). The van der Waals surface area contributed by atoms with Crippen molar-refractivity contribution in [1.29, 1.82) is 0 Å². The Morgan fingerprint density at radius 3 is 1.73 bits per heavy atom. The Bertz CT molecular complexity index is 136. The second-order valence-electron chi connectivity index (χ2n) is 1.41. The van der Waals surface area contributed by atoms with E-state index in [4.69, 9.17) is 5.11 Å². The van der Waals surface area contributed by atoms with Crippen molar-refractivity contribution in [3.63, 3.8) is 0 Å². The van der Waals surface area contributed by atoms with Crippen LogP contribution in [0.15, 0.2) is 0 Å². The molecule has 0 aliphatic carbocycles. The standard InChI is InChI=1S/C4H6O5.2Cs/c5-2(4(8)9)1-3(6)7;;/h2,5H,1H2,(H,6,7)(H,8,9);;/q;2*+1/p-2. The maximum absolute atomic E-state index is 9.58. The summed E-state index contributed by atoms with van der Waals surface area (Å²) < 4.78 is 0. The topological polar surface area (TPSA) is 100 Å². The Morgan fingerprint density at radius 2 is 1.64 bits per heavy atom. The van der Waals surface area contributed by atoms with E-state index in [-0.39, 0.29) is 138 Å². The maximum Gasteiger partial charge on any atom is 1.00 e. The molecular formula is C4H4Cs2O5. The van der Waals surface area contributed by atoms with E-state index >= 15 is 0 Å². The molecule has 0 aromatic rings. The SMILES string of the molecule is O=C([O-])CC(O)C(=O)[O-].[Cs+].[Cs+]. The fourth-order valence-electron chi connectivity index (χ4n) is 0.241. The molecule has 5 nitrogen and oxygen atoms in total. The molecule has 52 valence electrons. The summed E-state index contributed by atoms with van der Waals surface area (Å²) in [4.78, 5) is 19.1. The van der Waals surface area contributed by atoms with Crippen LogP contribution in [-0.4, -0.2) is 23.1 Å². The minimum absolute atomic E-state index is 0. The maximum atomic E-state index is 9.58. The minimum atomic E-state index is -1.96. The van der Waals surface area contributed by atoms with Crippen molar-refractivity contribution in [3.8, 4) is 0 Å². The van der Waals surface area contributed by atoms with Crippen LogP contribution in [0.3, 0.4) is 0 Å². The second-order valence-corrected chi connectivity index (χ2v) is 1.41. The van der Waals surface area contributed by atoms with Crippen molar-refractivity contribution < 1.29 is 163 Å². The van der Waals surface area contributed by atoms with Crippen molar-refractivity contribution in [2.24, 2.45) is 0 Å². The van der Waals surface area contributed by atoms with Gasteiger partial charge >= 0.3 is 138 Å². The second kappa shape index (κ2) is 11.1. The van der Waals surface area contributed by atoms with Crippen molar-refractivity contribution in [3.05, 3.63) is 0 Å². The van der Waals surface area contributed by atoms with Crippen molar-refractivity contribution in [2.75, 3.05) is 0 Å². The zero-order valence-corrected chi connectivity index (χ0v) is 18.9. The molecule has 0 amide bonds. The summed E-state index contributed by atoms with van der Waals surface area (Å²) >= 11 is 0. The molecule has 0 radical (unpaired) electrons. The van der Waals surface area contributed by atoms with Gasteiger partial charge < -0.3 is 24.9 Å². The quantitative estimate of drug-likeness (QED) is 0.509. The van der Waals surface area contributed by atoms with Gasteiger partial charge in [0, 0.05) is 12.4 Å². The van der Waals surface area contributed by atoms with Crippen molar-refractivity contribution in [2.45, 2.75) is 12.5 Å². The van der Waals surface area contributed by atoms with Crippen LogP contribution >= 0.6 is 0 Å². The minimum Gasteiger partial charge on any atom is -0.550 e. The number of aliphatic hydroxyl groups is 1. The van der Waals surface area contributed by atoms with Gasteiger partial charge in [-0.2, -0.15) is 0 Å². The first-order chi connectivity index (χ1) is 4.04. The average molecular weight is 398 g/mol. The Kier molecular flexibility index (Phi) is 19.7. The fourth-order valence-corrected chi connectivity index (χ4v) is 0.241. The summed E-state index contributed by atoms with van der Waals surface area (Å²) in [6, 6.07) is 0. The Labute approximate surface area is 181 Å². The molecule has 1 unspecified atom stereocenters. The zero-order valence-electron chi connectivity index (χ0n) is 6.36. The third-order valence-corrected chi connectivity index (χ3v) is 0.632. The van der Waals surface area contributed by atoms with Gasteiger partial charge in [0.1, 0.15) is 0 Å². The number of hydrogen-bond donors (Lipinski definition) is 1. The Morgan fingerprint density at radius 1 is 1.27 bits per heavy atom. The number of rotatable bonds is 3. The summed E-state index contributed by atoms with van der Waals surface area (Å²) in [5.74, 6) is -3.43. The summed E-state index contributed by atoms with van der Waals surface area (Å²) in [5, 5.41) is 27.3. The first kappa shape index (κ1) is 19.6. The van der Waals surface area contributed by atoms with E-state index in [1.165, 1.54) is 0 Å². The summed E-state index contributed by atoms with van der Waals surface area (Å²) in [6.45, 7) is 0. The monoisotopic (exact) mass is 398 g/mol. The smallest absolute Gasteiger partial charge is 0.550 e. The van der Waals surface area contributed by atoms with E-state index in [9.17, 15) is 19.8 Å². The van der Waals surface area contributed by atoms with E-state index in [1.54, 1.807) is 0 Å². The molecule has 0 saturated heterocycles. The fraction of sp³-hybridized carbons (Fsp3) is 0.500. The van der Waals surface area contributed by atoms with E-state index in [0.29, 0.717) is 0 Å². The van der Waals surface area contributed by atoms with Crippen LogP contribution in [0.2, 0.25) is 0 Å². The molecule has 0 aromatic carbocycles. The van der Waals surface area contributed by atoms with Gasteiger partial charge in [0.15, 0.2) is 0 Å². The molecule has 1 N–H and O–H groups in total. The normalized spacial score (nSPS) is 10.3. The van der Waals surface area contributed by atoms with Crippen molar-refractivity contribution in [1.82, 2.24) is 0 Å². The first-order valence-electron chi connectivity index (χ1n) is 2.13. The van der Waals surface area contributed by atoms with Gasteiger partial charge in [0.05, 0.1) is 12.1 Å². The van der Waals surface area contributed by atoms with Crippen molar-refractivity contribution >= 4 is 11.9 Å². The van der Waals surface area contributed by atoms with Gasteiger partial charge in [0.25, 0.3) is 0 Å². The average Bonchev–Trinajstić information content (AvgIpc) is 1.63. The summed E-state index contributed by atoms with van der Waals surface area (Å²) in [6.07, 6.45) is -2.89. The van der Waals surface area contributed by atoms with Gasteiger partial charge in [-0.05, 0) is 0 Å². The predicted octanol–water partition coefficient (Wildman–Crippen LogP) is -9.75. The molecule has 7 heteroatoms. The van der Waals surface area contributed by atoms with Gasteiger partial charge in [-0.25, -0.2) is 0 Å². The number of carbonyl (C=O) groups excluding carboxylic acids is 2. The van der Waals surface area contributed by atoms with Crippen LogP contribution in [-0.2, 0) is 9.59 Å². The largest absolute Gasteiger partial charge is 1.00 e. The predicted molar refractivity (Wildman–Crippen MR) is 20.6 cm³/mol. The molecular weight excluding hydrogens is 394 g/mol. The summed E-state index contributed by atoms with van der Waals surface area (Å²) in [7, 11) is 0. The van der Waals surface area contributed by atoms with Crippen LogP contribution in [0.1, 0.15) is 6.42 Å². The zero-order chi connectivity index (χ0) is 7.44. The van der Waals surface area contributed by atoms with Crippen LogP contribution < -0.4 is 148 Å². The Balaban J connectivity index is -0.000000320. The molecule has 1 atom stereocenters. The van der Waals surface area contributed by atoms with E-state index in [2.05, 4.69) is 0 Å². The van der Waals surface area contributed by atoms with Gasteiger partial charge in [-0.3, -0.25) is 0 Å². The van der Waals surface area contributed by atoms with E-state index < -0.39 is 24.5 Å². The molecule has 0 aliphatic rings. The van der Waals surface area contributed by atoms with E-state index in [0.717, 1.165) is 0 Å². The molecule has 0 heterocycles. The van der Waals surface area contributed by atoms with Gasteiger partial charge in [-0.1, -0.05) is 0 Å². The van der Waals surface area contributed by atoms with Crippen LogP contribution in [0, 0.1) is 0 Å². The molecule has 0 fully saturated rings. The van der Waals surface area contributed by atoms with Crippen LogP contribution in [0.5, 0.6) is 0 Å². The van der Waals surface area contributed by atoms with E-state index in [1.807, 2.05) is 0 Å². The Hall–Kier alpha value is 3.00. The number of carbonyl (C=O) groups is 2.